The average molecular weight is 2120 g/mol. The van der Waals surface area contributed by atoms with Gasteiger partial charge in [-0.25, -0.2) is 4.79 Å². The number of rotatable bonds is 34. The Hall–Kier alpha value is -10.3. The summed E-state index contributed by atoms with van der Waals surface area (Å²) >= 11 is 14.7. The summed E-state index contributed by atoms with van der Waals surface area (Å²) < 4.78 is 14.4. The first-order valence-electron chi connectivity index (χ1n) is 47.7. The lowest BCUT2D eigenvalue weighted by atomic mass is 9.78. The Kier molecular flexibility index (Phi) is 37.6. The standard InChI is InChI=1S/C54H63ClN4O5.C50H53ClN3O5.C7H14N2O3.2HI/c1-36(64-37(2)61)52(63)57-31-30-56-35-42(62)19-8-7-13-32-58-45-26-22-38-15-9-11-20-43(38)49(45)53(3,4)47(58)28-24-40-17-14-18-41(51(40)55)25-29-48-54(5,6)50-44-21-12-10-16-39(44)23-27-46(50)59(48)33-34-60;1-49(2)41(52(39-24-20-33-13-7-9-17-37(33)46(39)49)30-11-5-6-19-45(58)59-54-43(56)28-29-44(54)57)26-22-35-15-12-16-36(48(35)51)23-27-42-50(3,4)47-38-18-10-8-14-34(38)21-25-40(47)53(42)31-32-55;1-5(12-6(2)10)7(11)9-4-3-8;;/h9-12,15-16,20-29,36,56,60H,7-8,13-14,17-19,30-35H2,1-6H3;7-10,13-14,17-18,20-27,55H,5-6,11-12,15-16,19,28-32H2,1-4H3;5H,3-4,8H2,1-2H3,(H,9,11);2*1H/q;+1;;;/p-1/t36-;;5-;;/m0.0../s1. The normalized spacial score (nSPS) is 18.3. The van der Waals surface area contributed by atoms with E-state index in [0.29, 0.717) is 57.2 Å². The van der Waals surface area contributed by atoms with Crippen LogP contribution in [0.25, 0.3) is 43.1 Å². The number of β-amino-alcohol motifs (C(OH)–C–C–N with tert-alkyl or cyclic N) is 2. The zero-order valence-electron chi connectivity index (χ0n) is 80.9. The van der Waals surface area contributed by atoms with Gasteiger partial charge in [-0.1, -0.05) is 184 Å². The minimum Gasteiger partial charge on any atom is -1.00 e. The fourth-order valence-corrected chi connectivity index (χ4v) is 21.0. The number of nitrogens with one attached hydrogen (secondary N) is 3. The van der Waals surface area contributed by atoms with Crippen LogP contribution in [0, 0.1) is 0 Å². The Morgan fingerprint density at radius 2 is 0.854 bits per heavy atom. The number of benzene rings is 8. The average Bonchev–Trinajstić information content (AvgIpc) is 1.59. The van der Waals surface area contributed by atoms with Gasteiger partial charge in [0.25, 0.3) is 23.6 Å². The highest BCUT2D eigenvalue weighted by molar-refractivity contribution is 6.33. The van der Waals surface area contributed by atoms with Gasteiger partial charge in [0.15, 0.2) is 23.6 Å². The summed E-state index contributed by atoms with van der Waals surface area (Å²) in [5.74, 6) is -2.99. The lowest BCUT2D eigenvalue weighted by molar-refractivity contribution is -0.438. The summed E-state index contributed by atoms with van der Waals surface area (Å²) in [4.78, 5) is 103. The van der Waals surface area contributed by atoms with Crippen molar-refractivity contribution in [2.24, 2.45) is 5.73 Å². The second kappa shape index (κ2) is 48.0. The van der Waals surface area contributed by atoms with E-state index in [9.17, 15) is 48.6 Å². The van der Waals surface area contributed by atoms with Crippen molar-refractivity contribution in [1.82, 2.24) is 21.0 Å². The van der Waals surface area contributed by atoms with Crippen LogP contribution in [0.2, 0.25) is 0 Å². The highest BCUT2D eigenvalue weighted by Gasteiger charge is 2.49. The number of allylic oxidation sites excluding steroid dienone is 16. The van der Waals surface area contributed by atoms with Crippen LogP contribution >= 0.6 is 23.2 Å². The highest BCUT2D eigenvalue weighted by Crippen LogP contribution is 2.54. The van der Waals surface area contributed by atoms with Crippen molar-refractivity contribution >= 4 is 148 Å². The van der Waals surface area contributed by atoms with E-state index in [1.54, 1.807) is 0 Å². The summed E-state index contributed by atoms with van der Waals surface area (Å²) in [5, 5.41) is 40.7. The van der Waals surface area contributed by atoms with Crippen LogP contribution in [0.1, 0.15) is 208 Å². The third kappa shape index (κ3) is 24.4. The quantitative estimate of drug-likeness (QED) is 0.00718. The molecule has 0 bridgehead atoms. The molecule has 5 heterocycles. The number of Topliss-reactive ketones (excluding diaryl/α,β-unsaturated/α-hetero) is 1. The number of carbonyl (C=O) groups excluding carboxylic acids is 8. The molecule has 0 aromatic heterocycles. The lowest BCUT2D eigenvalue weighted by Gasteiger charge is -2.27. The van der Waals surface area contributed by atoms with E-state index in [4.69, 9.17) is 38.5 Å². The molecular weight excluding hydrogens is 1990 g/mol. The molecule has 8 aromatic carbocycles. The van der Waals surface area contributed by atoms with Crippen LogP contribution in [0.5, 0.6) is 0 Å². The van der Waals surface area contributed by atoms with Crippen molar-refractivity contribution in [2.75, 3.05) is 81.9 Å². The van der Waals surface area contributed by atoms with E-state index in [1.807, 2.05) is 0 Å². The number of hydrogen-bond acceptors (Lipinski definition) is 17. The number of ether oxygens (including phenoxy) is 2. The van der Waals surface area contributed by atoms with Crippen molar-refractivity contribution in [3.05, 3.63) is 260 Å². The molecule has 2 atom stereocenters. The number of amides is 4. The predicted octanol–water partition coefficient (Wildman–Crippen LogP) is 13.4. The van der Waals surface area contributed by atoms with Gasteiger partial charge in [-0.05, 0) is 219 Å². The molecule has 0 unspecified atom stereocenters. The number of hydroxylamine groups is 2. The van der Waals surface area contributed by atoms with Crippen molar-refractivity contribution in [3.8, 4) is 0 Å². The van der Waals surface area contributed by atoms with Gasteiger partial charge in [-0.3, -0.25) is 33.6 Å². The molecule has 22 nitrogen and oxygen atoms in total. The Labute approximate surface area is 849 Å². The van der Waals surface area contributed by atoms with Crippen LogP contribution < -0.4 is 79.4 Å². The number of hydrogen-bond donors (Lipinski definition) is 6. The van der Waals surface area contributed by atoms with E-state index in [0.717, 1.165) is 139 Å². The van der Waals surface area contributed by atoms with Crippen molar-refractivity contribution in [3.63, 3.8) is 0 Å². The van der Waals surface area contributed by atoms with Crippen molar-refractivity contribution in [2.45, 2.75) is 220 Å². The lowest BCUT2D eigenvalue weighted by Crippen LogP contribution is -3.00. The molecule has 0 saturated carbocycles. The predicted molar refractivity (Wildman–Crippen MR) is 540 cm³/mol. The van der Waals surface area contributed by atoms with Gasteiger partial charge in [0.2, 0.25) is 11.4 Å². The second-order valence-corrected chi connectivity index (χ2v) is 38.6. The molecule has 2 aliphatic carbocycles. The maximum absolute atomic E-state index is 12.7. The number of imide groups is 1. The smallest absolute Gasteiger partial charge is 0.333 e. The molecule has 726 valence electrons. The Morgan fingerprint density at radius 1 is 0.467 bits per heavy atom. The molecule has 1 saturated heterocycles. The monoisotopic (exact) mass is 2120 g/mol. The Balaban J connectivity index is 0.000000232. The maximum atomic E-state index is 12.7. The molecule has 7 aliphatic rings. The number of esters is 2. The van der Waals surface area contributed by atoms with Crippen LogP contribution in [0.3, 0.4) is 0 Å². The van der Waals surface area contributed by atoms with E-state index in [-0.39, 0.29) is 126 Å². The van der Waals surface area contributed by atoms with Crippen molar-refractivity contribution in [1.29, 1.82) is 0 Å². The summed E-state index contributed by atoms with van der Waals surface area (Å²) in [6.07, 6.45) is 27.5. The summed E-state index contributed by atoms with van der Waals surface area (Å²) in [6, 6.07) is 51.9. The number of nitrogens with zero attached hydrogens (tertiary/aromatic N) is 5. The van der Waals surface area contributed by atoms with Crippen LogP contribution in [-0.2, 0) is 74.3 Å². The van der Waals surface area contributed by atoms with Crippen LogP contribution in [0.15, 0.2) is 238 Å². The molecular formula is C111H131Cl2I2N9O13. The summed E-state index contributed by atoms with van der Waals surface area (Å²) in [7, 11) is 0. The number of ketones is 1. The highest BCUT2D eigenvalue weighted by atomic mass is 127. The van der Waals surface area contributed by atoms with Crippen LogP contribution in [-0.4, -0.2) is 167 Å². The number of fused-ring (bicyclic) bond motifs is 12. The molecule has 4 amide bonds. The maximum Gasteiger partial charge on any atom is 0.333 e. The molecule has 15 rings (SSSR count). The van der Waals surface area contributed by atoms with Gasteiger partial charge in [0.05, 0.1) is 30.6 Å². The molecule has 1 fully saturated rings. The van der Waals surface area contributed by atoms with Gasteiger partial charge in [0, 0.05) is 171 Å². The fourth-order valence-electron chi connectivity index (χ4n) is 20.4. The van der Waals surface area contributed by atoms with Gasteiger partial charge in [0.1, 0.15) is 18.9 Å². The number of aliphatic hydroxyl groups is 2. The Bertz CT molecular complexity index is 6230. The largest absolute Gasteiger partial charge is 1.00 e. The topological polar surface area (TPSA) is 283 Å². The van der Waals surface area contributed by atoms with E-state index in [1.165, 1.54) is 116 Å². The van der Waals surface area contributed by atoms with Gasteiger partial charge in [-0.2, -0.15) is 9.15 Å². The third-order valence-corrected chi connectivity index (χ3v) is 27.9. The first-order chi connectivity index (χ1) is 64.7. The number of halogens is 4. The van der Waals surface area contributed by atoms with E-state index >= 15 is 0 Å². The minimum absolute atomic E-state index is 0. The fraction of sp³-hybridized carbons (Fsp3) is 0.405. The van der Waals surface area contributed by atoms with Gasteiger partial charge < -0.3 is 104 Å². The third-order valence-electron chi connectivity index (χ3n) is 26.9. The molecule has 137 heavy (non-hydrogen) atoms. The molecule has 0 spiro atoms. The van der Waals surface area contributed by atoms with E-state index in [2.05, 4.69) is 289 Å². The Morgan fingerprint density at radius 3 is 1.26 bits per heavy atom. The molecule has 5 aliphatic heterocycles. The molecule has 8 aromatic rings. The zero-order valence-corrected chi connectivity index (χ0v) is 86.8. The number of aliphatic hydroxyl groups excluding tert-OH is 2. The number of nitrogens with two attached hydrogens (primary N) is 1. The number of carbonyl (C=O) groups is 8. The molecule has 26 heteroatoms. The van der Waals surface area contributed by atoms with Crippen LogP contribution in [0.4, 0.5) is 22.7 Å². The van der Waals surface area contributed by atoms with E-state index < -0.39 is 41.9 Å². The first kappa shape index (κ1) is 107. The number of unbranched alkanes of at least 4 members (excludes halogenated alkanes) is 4. The molecule has 7 N–H and O–H groups in total. The zero-order chi connectivity index (χ0) is 96.6. The summed E-state index contributed by atoms with van der Waals surface area (Å²) in [5.41, 5.74) is 23.2. The SMILES string of the molecule is CC(=O)O[C@@H](C)C(=O)NCCN.CC(=O)O[C@@H](C)C(=O)NCCNCC(=O)CCCCC[N+]1=C(C=CC2=C(Cl)C(=CC=C3N(CCO)c4ccc5ccccc5c4C3(C)C)CCC2)C(C)(C)c2c1ccc1ccccc21.CC1(C)C(=CC=C2CCCC(C=CC3=[N+](CCCCCC(=O)ON4C(=O)CCC4=O)c4ccc5ccccc5c4C3(C)C)=C2Cl)N(CCO)c2ccc3ccccc3c21.[I-].[I-]. The van der Waals surface area contributed by atoms with Gasteiger partial charge in [-0.15, -0.1) is 5.06 Å². The first-order valence-corrected chi connectivity index (χ1v) is 48.5. The minimum atomic E-state index is -0.849. The second-order valence-electron chi connectivity index (χ2n) is 37.8. The molecule has 0 radical (unpaired) electrons. The van der Waals surface area contributed by atoms with Crippen molar-refractivity contribution < 1.29 is 120 Å². The summed E-state index contributed by atoms with van der Waals surface area (Å²) in [6.45, 7) is 28.4. The van der Waals surface area contributed by atoms with Gasteiger partial charge >= 0.3 is 17.9 Å². The number of anilines is 2.